The largest absolute Gasteiger partial charge is 0.573 e. The number of nitro groups is 1. The first-order valence-electron chi connectivity index (χ1n) is 9.99. The van der Waals surface area contributed by atoms with Gasteiger partial charge in [0, 0.05) is 12.1 Å². The average Bonchev–Trinajstić information content (AvgIpc) is 3.14. The summed E-state index contributed by atoms with van der Waals surface area (Å²) in [5.41, 5.74) is 0.504. The zero-order valence-electron chi connectivity index (χ0n) is 18.0. The Labute approximate surface area is 195 Å². The molecule has 0 amide bonds. The van der Waals surface area contributed by atoms with Crippen LogP contribution in [-0.2, 0) is 6.54 Å². The first-order valence-corrected chi connectivity index (χ1v) is 9.99. The summed E-state index contributed by atoms with van der Waals surface area (Å²) in [5.74, 6) is -1.60. The van der Waals surface area contributed by atoms with Crippen molar-refractivity contribution in [2.75, 3.05) is 7.11 Å². The molecule has 0 unspecified atom stereocenters. The van der Waals surface area contributed by atoms with E-state index in [0.717, 1.165) is 12.1 Å². The highest BCUT2D eigenvalue weighted by atomic mass is 19.4. The van der Waals surface area contributed by atoms with E-state index in [1.165, 1.54) is 42.1 Å². The van der Waals surface area contributed by atoms with Gasteiger partial charge in [0.1, 0.15) is 17.1 Å². The number of hydrogen-bond acceptors (Lipinski definition) is 7. The van der Waals surface area contributed by atoms with E-state index in [0.29, 0.717) is 22.2 Å². The molecule has 1 heterocycles. The molecule has 0 aliphatic rings. The van der Waals surface area contributed by atoms with Gasteiger partial charge in [-0.3, -0.25) is 14.8 Å². The number of fused-ring (bicyclic) bond motifs is 1. The summed E-state index contributed by atoms with van der Waals surface area (Å²) in [4.78, 5) is 23.4. The fourth-order valence-corrected chi connectivity index (χ4v) is 3.38. The maximum absolute atomic E-state index is 12.8. The Kier molecular flexibility index (Phi) is 6.28. The molecule has 0 spiro atoms. The number of aromatic nitrogens is 2. The van der Waals surface area contributed by atoms with Gasteiger partial charge in [-0.15, -0.1) is 18.3 Å². The molecule has 0 saturated heterocycles. The van der Waals surface area contributed by atoms with Crippen molar-refractivity contribution < 1.29 is 37.1 Å². The molecule has 12 heteroatoms. The van der Waals surface area contributed by atoms with Crippen molar-refractivity contribution in [2.24, 2.45) is 0 Å². The van der Waals surface area contributed by atoms with E-state index in [1.807, 2.05) is 0 Å². The number of halogens is 3. The van der Waals surface area contributed by atoms with Crippen LogP contribution >= 0.6 is 0 Å². The van der Waals surface area contributed by atoms with Crippen LogP contribution in [0.25, 0.3) is 10.9 Å². The van der Waals surface area contributed by atoms with E-state index in [-0.39, 0.29) is 18.1 Å². The van der Waals surface area contributed by atoms with Crippen LogP contribution in [-0.4, -0.2) is 34.1 Å². The summed E-state index contributed by atoms with van der Waals surface area (Å²) in [7, 11) is 1.44. The fraction of sp³-hybridized carbons (Fsp3) is 0.130. The minimum Gasteiger partial charge on any atom is -0.497 e. The van der Waals surface area contributed by atoms with Gasteiger partial charge in [0.2, 0.25) is 5.88 Å². The molecule has 180 valence electrons. The number of rotatable bonds is 7. The third-order valence-corrected chi connectivity index (χ3v) is 4.90. The van der Waals surface area contributed by atoms with Crippen LogP contribution in [0.4, 0.5) is 18.9 Å². The number of carbonyl (C=O) groups excluding carboxylic acids is 1. The van der Waals surface area contributed by atoms with Crippen molar-refractivity contribution in [1.82, 2.24) is 9.78 Å². The normalized spacial score (nSPS) is 11.3. The molecule has 9 nitrogen and oxygen atoms in total. The molecule has 0 radical (unpaired) electrons. The molecule has 0 aliphatic carbocycles. The van der Waals surface area contributed by atoms with Crippen LogP contribution in [0.15, 0.2) is 66.7 Å². The van der Waals surface area contributed by atoms with Crippen molar-refractivity contribution in [2.45, 2.75) is 12.9 Å². The number of hydrogen-bond donors (Lipinski definition) is 0. The number of para-hydroxylation sites is 1. The highest BCUT2D eigenvalue weighted by molar-refractivity contribution is 5.96. The highest BCUT2D eigenvalue weighted by Crippen LogP contribution is 2.32. The quantitative estimate of drug-likeness (QED) is 0.202. The Morgan fingerprint density at radius 2 is 1.86 bits per heavy atom. The first kappa shape index (κ1) is 23.5. The van der Waals surface area contributed by atoms with E-state index < -0.39 is 28.6 Å². The number of esters is 1. The van der Waals surface area contributed by atoms with Crippen LogP contribution in [0, 0.1) is 10.1 Å². The summed E-state index contributed by atoms with van der Waals surface area (Å²) >= 11 is 0. The zero-order chi connectivity index (χ0) is 25.2. The third kappa shape index (κ3) is 5.32. The van der Waals surface area contributed by atoms with Crippen LogP contribution in [0.2, 0.25) is 0 Å². The highest BCUT2D eigenvalue weighted by Gasteiger charge is 2.33. The molecule has 4 aromatic rings. The van der Waals surface area contributed by atoms with Crippen molar-refractivity contribution in [3.8, 4) is 17.4 Å². The standard InChI is InChI=1S/C23H16F3N3O6/c1-33-16-9-10-19-18(12-16)21(27-28(19)13-14-5-4-6-15(11-14)29(31)32)34-22(30)17-7-2-3-8-20(17)35-23(24,25)26/h2-12H,13H2,1H3. The van der Waals surface area contributed by atoms with E-state index in [4.69, 9.17) is 9.47 Å². The van der Waals surface area contributed by atoms with E-state index in [9.17, 15) is 28.1 Å². The predicted octanol–water partition coefficient (Wildman–Crippen LogP) is 5.12. The Morgan fingerprint density at radius 3 is 2.57 bits per heavy atom. The second-order valence-electron chi connectivity index (χ2n) is 7.21. The van der Waals surface area contributed by atoms with Crippen LogP contribution in [0.3, 0.4) is 0 Å². The lowest BCUT2D eigenvalue weighted by Gasteiger charge is -2.12. The zero-order valence-corrected chi connectivity index (χ0v) is 18.0. The third-order valence-electron chi connectivity index (χ3n) is 4.90. The number of nitrogens with zero attached hydrogens (tertiary/aromatic N) is 3. The Morgan fingerprint density at radius 1 is 1.09 bits per heavy atom. The SMILES string of the molecule is COc1ccc2c(c1)c(OC(=O)c1ccccc1OC(F)(F)F)nn2Cc1cccc([N+](=O)[O-])c1. The maximum atomic E-state index is 12.8. The first-order chi connectivity index (χ1) is 16.6. The second kappa shape index (κ2) is 9.33. The molecule has 0 fully saturated rings. The number of alkyl halides is 3. The summed E-state index contributed by atoms with van der Waals surface area (Å²) in [6.07, 6.45) is -5.00. The molecule has 0 atom stereocenters. The summed E-state index contributed by atoms with van der Waals surface area (Å²) < 4.78 is 54.2. The van der Waals surface area contributed by atoms with Gasteiger partial charge in [-0.25, -0.2) is 4.79 Å². The van der Waals surface area contributed by atoms with Gasteiger partial charge in [-0.2, -0.15) is 0 Å². The number of carbonyl (C=O) groups is 1. The molecule has 0 bridgehead atoms. The van der Waals surface area contributed by atoms with Gasteiger partial charge in [0.15, 0.2) is 0 Å². The topological polar surface area (TPSA) is 106 Å². The lowest BCUT2D eigenvalue weighted by molar-refractivity contribution is -0.384. The Balaban J connectivity index is 1.71. The van der Waals surface area contributed by atoms with Gasteiger partial charge in [0.25, 0.3) is 5.69 Å². The number of benzene rings is 3. The summed E-state index contributed by atoms with van der Waals surface area (Å²) in [6.45, 7) is 0.0931. The lowest BCUT2D eigenvalue weighted by Crippen LogP contribution is -2.20. The molecule has 3 aromatic carbocycles. The number of nitro benzene ring substituents is 1. The van der Waals surface area contributed by atoms with Gasteiger partial charge in [0.05, 0.1) is 29.5 Å². The van der Waals surface area contributed by atoms with Gasteiger partial charge in [-0.1, -0.05) is 24.3 Å². The molecule has 0 saturated carbocycles. The van der Waals surface area contributed by atoms with Gasteiger partial charge >= 0.3 is 12.3 Å². The molecule has 1 aromatic heterocycles. The minimum atomic E-state index is -5.00. The Bertz CT molecular complexity index is 1420. The minimum absolute atomic E-state index is 0.0931. The van der Waals surface area contributed by atoms with Crippen LogP contribution < -0.4 is 14.2 Å². The summed E-state index contributed by atoms with van der Waals surface area (Å²) in [6, 6.07) is 15.5. The van der Waals surface area contributed by atoms with Crippen LogP contribution in [0.1, 0.15) is 15.9 Å². The van der Waals surface area contributed by atoms with E-state index >= 15 is 0 Å². The van der Waals surface area contributed by atoms with Crippen LogP contribution in [0.5, 0.6) is 17.4 Å². The Hall–Kier alpha value is -4.61. The predicted molar refractivity (Wildman–Crippen MR) is 117 cm³/mol. The smallest absolute Gasteiger partial charge is 0.497 e. The van der Waals surface area contributed by atoms with Gasteiger partial charge < -0.3 is 14.2 Å². The van der Waals surface area contributed by atoms with Crippen molar-refractivity contribution in [1.29, 1.82) is 0 Å². The van der Waals surface area contributed by atoms with Gasteiger partial charge in [-0.05, 0) is 35.9 Å². The fourth-order valence-electron chi connectivity index (χ4n) is 3.38. The molecule has 0 aliphatic heterocycles. The van der Waals surface area contributed by atoms with Crippen molar-refractivity contribution in [3.05, 3.63) is 88.0 Å². The molecule has 35 heavy (non-hydrogen) atoms. The second-order valence-corrected chi connectivity index (χ2v) is 7.21. The maximum Gasteiger partial charge on any atom is 0.573 e. The van der Waals surface area contributed by atoms with E-state index in [2.05, 4.69) is 9.84 Å². The molecule has 4 rings (SSSR count). The molecular weight excluding hydrogens is 471 g/mol. The molecular formula is C23H16F3N3O6. The lowest BCUT2D eigenvalue weighted by atomic mass is 10.2. The van der Waals surface area contributed by atoms with Crippen molar-refractivity contribution in [3.63, 3.8) is 0 Å². The number of ether oxygens (including phenoxy) is 3. The monoisotopic (exact) mass is 487 g/mol. The number of methoxy groups -OCH3 is 1. The molecule has 0 N–H and O–H groups in total. The van der Waals surface area contributed by atoms with E-state index in [1.54, 1.807) is 24.3 Å². The van der Waals surface area contributed by atoms with Crippen molar-refractivity contribution >= 4 is 22.6 Å². The average molecular weight is 487 g/mol. The number of non-ortho nitro benzene ring substituents is 1. The summed E-state index contributed by atoms with van der Waals surface area (Å²) in [5, 5.41) is 15.7.